The Balaban J connectivity index is 1.78. The molecule has 0 spiro atoms. The van der Waals surface area contributed by atoms with Gasteiger partial charge >= 0.3 is 0 Å². The van der Waals surface area contributed by atoms with Crippen molar-refractivity contribution in [3.8, 4) is 0 Å². The van der Waals surface area contributed by atoms with Crippen LogP contribution in [0.25, 0.3) is 10.9 Å². The van der Waals surface area contributed by atoms with Crippen LogP contribution in [0.2, 0.25) is 0 Å². The van der Waals surface area contributed by atoms with E-state index in [2.05, 4.69) is 15.6 Å². The van der Waals surface area contributed by atoms with Crippen LogP contribution >= 0.6 is 0 Å². The third kappa shape index (κ3) is 3.36. The Labute approximate surface area is 155 Å². The number of aromatic nitrogens is 2. The zero-order chi connectivity index (χ0) is 19.0. The van der Waals surface area contributed by atoms with E-state index in [1.54, 1.807) is 0 Å². The third-order valence-electron chi connectivity index (χ3n) is 4.76. The number of carbonyl (C=O) groups excluding carboxylic acids is 2. The summed E-state index contributed by atoms with van der Waals surface area (Å²) < 4.78 is 1.42. The van der Waals surface area contributed by atoms with E-state index in [9.17, 15) is 14.4 Å². The van der Waals surface area contributed by atoms with Gasteiger partial charge in [0.25, 0.3) is 17.4 Å². The van der Waals surface area contributed by atoms with Crippen LogP contribution < -0.4 is 16.2 Å². The Hall–Kier alpha value is -3.35. The number of nitrogens with one attached hydrogen (secondary N) is 3. The molecule has 4 rings (SSSR count). The first-order valence-corrected chi connectivity index (χ1v) is 8.89. The second-order valence-electron chi connectivity index (χ2n) is 6.76. The van der Waals surface area contributed by atoms with Gasteiger partial charge < -0.3 is 20.2 Å². The highest BCUT2D eigenvalue weighted by atomic mass is 16.2. The third-order valence-corrected chi connectivity index (χ3v) is 4.76. The first-order chi connectivity index (χ1) is 13.1. The molecular weight excluding hydrogens is 344 g/mol. The van der Waals surface area contributed by atoms with Crippen LogP contribution in [0.15, 0.2) is 47.5 Å². The molecule has 3 N–H and O–H groups in total. The zero-order valence-electron chi connectivity index (χ0n) is 14.9. The molecule has 138 valence electrons. The minimum absolute atomic E-state index is 0.0396. The molecule has 2 amide bonds. The quantitative estimate of drug-likeness (QED) is 0.642. The molecule has 3 aromatic rings. The summed E-state index contributed by atoms with van der Waals surface area (Å²) in [6.07, 6.45) is 5.29. The number of aromatic amines is 1. The molecule has 1 aliphatic rings. The molecule has 0 bridgehead atoms. The van der Waals surface area contributed by atoms with Gasteiger partial charge in [-0.25, -0.2) is 0 Å². The summed E-state index contributed by atoms with van der Waals surface area (Å²) >= 11 is 0. The molecule has 0 aliphatic heterocycles. The average Bonchev–Trinajstić information content (AvgIpc) is 3.35. The Morgan fingerprint density at radius 3 is 2.78 bits per heavy atom. The van der Waals surface area contributed by atoms with Gasteiger partial charge in [-0.3, -0.25) is 14.4 Å². The number of fused-ring (bicyclic) bond motifs is 1. The monoisotopic (exact) mass is 364 g/mol. The van der Waals surface area contributed by atoms with Crippen molar-refractivity contribution in [3.63, 3.8) is 0 Å². The van der Waals surface area contributed by atoms with Gasteiger partial charge in [-0.05, 0) is 36.6 Å². The second kappa shape index (κ2) is 6.75. The van der Waals surface area contributed by atoms with Crippen LogP contribution in [-0.4, -0.2) is 34.5 Å². The van der Waals surface area contributed by atoms with Crippen LogP contribution in [-0.2, 0) is 6.54 Å². The van der Waals surface area contributed by atoms with Crippen LogP contribution in [0, 0.1) is 0 Å². The molecule has 0 saturated heterocycles. The van der Waals surface area contributed by atoms with Crippen LogP contribution in [0.5, 0.6) is 0 Å². The SMILES string of the molecule is CNC(=O)c1cc(C(=O)NC2CC2)cn(Cc2cccc3[nH]ccc23)c1=O. The van der Waals surface area contributed by atoms with Crippen molar-refractivity contribution in [2.24, 2.45) is 0 Å². The summed E-state index contributed by atoms with van der Waals surface area (Å²) in [7, 11) is 1.46. The molecule has 1 saturated carbocycles. The van der Waals surface area contributed by atoms with Gasteiger partial charge in [0.1, 0.15) is 5.56 Å². The minimum atomic E-state index is -0.505. The lowest BCUT2D eigenvalue weighted by molar-refractivity contribution is 0.0950. The molecule has 7 nitrogen and oxygen atoms in total. The highest BCUT2D eigenvalue weighted by molar-refractivity contribution is 5.99. The van der Waals surface area contributed by atoms with Gasteiger partial charge in [0, 0.05) is 36.4 Å². The maximum atomic E-state index is 12.8. The molecular formula is C20H20N4O3. The zero-order valence-corrected chi connectivity index (χ0v) is 14.9. The number of amides is 2. The van der Waals surface area contributed by atoms with Crippen LogP contribution in [0.1, 0.15) is 39.1 Å². The van der Waals surface area contributed by atoms with E-state index in [-0.39, 0.29) is 24.1 Å². The van der Waals surface area contributed by atoms with E-state index in [0.717, 1.165) is 29.3 Å². The lowest BCUT2D eigenvalue weighted by atomic mass is 10.1. The van der Waals surface area contributed by atoms with Crippen molar-refractivity contribution in [2.45, 2.75) is 25.4 Å². The van der Waals surface area contributed by atoms with Crippen molar-refractivity contribution in [2.75, 3.05) is 7.05 Å². The van der Waals surface area contributed by atoms with E-state index in [4.69, 9.17) is 0 Å². The van der Waals surface area contributed by atoms with Gasteiger partial charge in [-0.2, -0.15) is 0 Å². The van der Waals surface area contributed by atoms with Gasteiger partial charge in [0.05, 0.1) is 12.1 Å². The smallest absolute Gasteiger partial charge is 0.263 e. The molecule has 0 atom stereocenters. The van der Waals surface area contributed by atoms with E-state index in [1.807, 2.05) is 30.5 Å². The Bertz CT molecular complexity index is 1090. The Morgan fingerprint density at radius 1 is 1.22 bits per heavy atom. The second-order valence-corrected chi connectivity index (χ2v) is 6.76. The van der Waals surface area contributed by atoms with Crippen molar-refractivity contribution in [1.29, 1.82) is 0 Å². The first-order valence-electron chi connectivity index (χ1n) is 8.89. The van der Waals surface area contributed by atoms with Crippen molar-refractivity contribution < 1.29 is 9.59 Å². The predicted molar refractivity (Wildman–Crippen MR) is 102 cm³/mol. The molecule has 0 unspecified atom stereocenters. The fraction of sp³-hybridized carbons (Fsp3) is 0.250. The highest BCUT2D eigenvalue weighted by Gasteiger charge is 2.25. The highest BCUT2D eigenvalue weighted by Crippen LogP contribution is 2.20. The maximum Gasteiger partial charge on any atom is 0.263 e. The van der Waals surface area contributed by atoms with Crippen LogP contribution in [0.4, 0.5) is 0 Å². The molecule has 0 radical (unpaired) electrons. The average molecular weight is 364 g/mol. The molecule has 1 aliphatic carbocycles. The normalized spacial score (nSPS) is 13.5. The Morgan fingerprint density at radius 2 is 2.04 bits per heavy atom. The van der Waals surface area contributed by atoms with Crippen molar-refractivity contribution in [1.82, 2.24) is 20.2 Å². The standard InChI is InChI=1S/C20H20N4O3/c1-21-19(26)16-9-13(18(25)23-14-5-6-14)11-24(20(16)27)10-12-3-2-4-17-15(12)7-8-22-17/h2-4,7-9,11,14,22H,5-6,10H2,1H3,(H,21,26)(H,23,25). The summed E-state index contributed by atoms with van der Waals surface area (Å²) in [6, 6.07) is 9.29. The van der Waals surface area contributed by atoms with Crippen molar-refractivity contribution in [3.05, 3.63) is 69.8 Å². The number of rotatable bonds is 5. The lowest BCUT2D eigenvalue weighted by Gasteiger charge is -2.12. The number of carbonyl (C=O) groups is 2. The fourth-order valence-corrected chi connectivity index (χ4v) is 3.14. The van der Waals surface area contributed by atoms with E-state index >= 15 is 0 Å². The maximum absolute atomic E-state index is 12.8. The van der Waals surface area contributed by atoms with E-state index < -0.39 is 11.5 Å². The molecule has 2 heterocycles. The number of pyridine rings is 1. The molecule has 1 fully saturated rings. The fourth-order valence-electron chi connectivity index (χ4n) is 3.14. The summed E-state index contributed by atoms with van der Waals surface area (Å²) in [5.41, 5.74) is 1.74. The van der Waals surface area contributed by atoms with Gasteiger partial charge in [0.2, 0.25) is 0 Å². The summed E-state index contributed by atoms with van der Waals surface area (Å²) in [5, 5.41) is 6.37. The van der Waals surface area contributed by atoms with E-state index in [1.165, 1.54) is 23.9 Å². The lowest BCUT2D eigenvalue weighted by Crippen LogP contribution is -2.34. The topological polar surface area (TPSA) is 96.0 Å². The predicted octanol–water partition coefficient (Wildman–Crippen LogP) is 1.63. The summed E-state index contributed by atoms with van der Waals surface area (Å²) in [4.78, 5) is 40.6. The number of benzene rings is 1. The largest absolute Gasteiger partial charge is 0.361 e. The van der Waals surface area contributed by atoms with Crippen LogP contribution in [0.3, 0.4) is 0 Å². The first kappa shape index (κ1) is 17.1. The number of nitrogens with zero attached hydrogens (tertiary/aromatic N) is 1. The molecule has 7 heteroatoms. The Kier molecular flexibility index (Phi) is 4.27. The number of hydrogen-bond donors (Lipinski definition) is 3. The summed E-state index contributed by atoms with van der Waals surface area (Å²) in [5.74, 6) is -0.772. The number of H-pyrrole nitrogens is 1. The minimum Gasteiger partial charge on any atom is -0.361 e. The summed E-state index contributed by atoms with van der Waals surface area (Å²) in [6.45, 7) is 0.266. The molecule has 27 heavy (non-hydrogen) atoms. The van der Waals surface area contributed by atoms with Crippen molar-refractivity contribution >= 4 is 22.7 Å². The van der Waals surface area contributed by atoms with Gasteiger partial charge in [-0.15, -0.1) is 0 Å². The van der Waals surface area contributed by atoms with Gasteiger partial charge in [0.15, 0.2) is 0 Å². The van der Waals surface area contributed by atoms with Gasteiger partial charge in [-0.1, -0.05) is 12.1 Å². The number of hydrogen-bond acceptors (Lipinski definition) is 3. The van der Waals surface area contributed by atoms with E-state index in [0.29, 0.717) is 5.56 Å². The molecule has 1 aromatic carbocycles. The molecule has 2 aromatic heterocycles.